The van der Waals surface area contributed by atoms with Crippen molar-refractivity contribution < 1.29 is 19.1 Å². The third kappa shape index (κ3) is 3.56. The van der Waals surface area contributed by atoms with Crippen LogP contribution in [0, 0.1) is 6.92 Å². The van der Waals surface area contributed by atoms with Crippen molar-refractivity contribution >= 4 is 34.3 Å². The second-order valence-electron chi connectivity index (χ2n) is 3.74. The van der Waals surface area contributed by atoms with E-state index in [1.807, 2.05) is 6.92 Å². The van der Waals surface area contributed by atoms with E-state index in [1.165, 1.54) is 12.1 Å². The van der Waals surface area contributed by atoms with E-state index in [0.717, 1.165) is 17.1 Å². The summed E-state index contributed by atoms with van der Waals surface area (Å²) in [5.41, 5.74) is 0. The van der Waals surface area contributed by atoms with Crippen molar-refractivity contribution in [1.29, 1.82) is 0 Å². The smallest absolute Gasteiger partial charge is 0.345 e. The highest BCUT2D eigenvalue weighted by Gasteiger charge is 2.07. The zero-order valence-corrected chi connectivity index (χ0v) is 10.9. The fourth-order valence-electron chi connectivity index (χ4n) is 1.38. The number of carboxylic acid groups (broad SMARTS) is 1. The van der Waals surface area contributed by atoms with Crippen LogP contribution in [-0.4, -0.2) is 17.0 Å². The number of aryl methyl sites for hydroxylation is 1. The van der Waals surface area contributed by atoms with Crippen LogP contribution < -0.4 is 5.32 Å². The first-order valence-corrected chi connectivity index (χ1v) is 6.25. The highest BCUT2D eigenvalue weighted by atomic mass is 32.1. The van der Waals surface area contributed by atoms with Crippen LogP contribution >= 0.6 is 11.3 Å². The lowest BCUT2D eigenvalue weighted by Crippen LogP contribution is -2.05. The number of nitrogens with one attached hydrogen (secondary N) is 1. The van der Waals surface area contributed by atoms with Crippen molar-refractivity contribution in [2.75, 3.05) is 5.32 Å². The van der Waals surface area contributed by atoms with Gasteiger partial charge in [-0.3, -0.25) is 4.79 Å². The number of rotatable bonds is 4. The standard InChI is InChI=1S/C13H11NO4S/c1-8-2-3-9(18-8)4-6-11(15)14-12-7-5-10(19-12)13(16)17/h2-7H,1H3,(H,14,15)(H,16,17)/b6-4+. The molecule has 2 heterocycles. The lowest BCUT2D eigenvalue weighted by Gasteiger charge is -1.95. The number of carboxylic acids is 1. The lowest BCUT2D eigenvalue weighted by molar-refractivity contribution is -0.111. The Labute approximate surface area is 113 Å². The van der Waals surface area contributed by atoms with Gasteiger partial charge in [-0.2, -0.15) is 0 Å². The Morgan fingerprint density at radius 2 is 2.11 bits per heavy atom. The van der Waals surface area contributed by atoms with Crippen molar-refractivity contribution in [3.8, 4) is 0 Å². The van der Waals surface area contributed by atoms with Gasteiger partial charge >= 0.3 is 5.97 Å². The van der Waals surface area contributed by atoms with Crippen LogP contribution in [0.2, 0.25) is 0 Å². The summed E-state index contributed by atoms with van der Waals surface area (Å²) in [4.78, 5) is 22.5. The van der Waals surface area contributed by atoms with Crippen LogP contribution in [0.5, 0.6) is 0 Å². The Hall–Kier alpha value is -2.34. The molecule has 0 aliphatic heterocycles. The van der Waals surface area contributed by atoms with Crippen LogP contribution in [0.1, 0.15) is 21.2 Å². The number of carbonyl (C=O) groups excluding carboxylic acids is 1. The van der Waals surface area contributed by atoms with Gasteiger partial charge in [-0.25, -0.2) is 4.79 Å². The Bertz CT molecular complexity index is 639. The third-order valence-electron chi connectivity index (χ3n) is 2.22. The number of amides is 1. The van der Waals surface area contributed by atoms with E-state index in [4.69, 9.17) is 9.52 Å². The molecular weight excluding hydrogens is 266 g/mol. The molecule has 0 spiro atoms. The van der Waals surface area contributed by atoms with E-state index >= 15 is 0 Å². The van der Waals surface area contributed by atoms with Crippen LogP contribution in [0.15, 0.2) is 34.8 Å². The zero-order valence-electron chi connectivity index (χ0n) is 10.0. The van der Waals surface area contributed by atoms with Gasteiger partial charge in [0.05, 0.1) is 5.00 Å². The largest absolute Gasteiger partial charge is 0.477 e. The average Bonchev–Trinajstić information content (AvgIpc) is 2.96. The SMILES string of the molecule is Cc1ccc(/C=C/C(=O)Nc2ccc(C(=O)O)s2)o1. The van der Waals surface area contributed by atoms with Crippen molar-refractivity contribution in [1.82, 2.24) is 0 Å². The van der Waals surface area contributed by atoms with Gasteiger partial charge in [0.15, 0.2) is 0 Å². The summed E-state index contributed by atoms with van der Waals surface area (Å²) in [6.07, 6.45) is 2.88. The lowest BCUT2D eigenvalue weighted by atomic mass is 10.4. The van der Waals surface area contributed by atoms with Gasteiger partial charge < -0.3 is 14.8 Å². The molecule has 19 heavy (non-hydrogen) atoms. The van der Waals surface area contributed by atoms with Crippen LogP contribution in [-0.2, 0) is 4.79 Å². The minimum absolute atomic E-state index is 0.181. The molecule has 0 aliphatic carbocycles. The molecule has 0 aliphatic rings. The normalized spacial score (nSPS) is 10.8. The maximum Gasteiger partial charge on any atom is 0.345 e. The summed E-state index contributed by atoms with van der Waals surface area (Å²) in [5.74, 6) is 0.00872. The number of hydrogen-bond acceptors (Lipinski definition) is 4. The van der Waals surface area contributed by atoms with Gasteiger partial charge in [0.25, 0.3) is 0 Å². The molecular formula is C13H11NO4S. The molecule has 0 saturated heterocycles. The third-order valence-corrected chi connectivity index (χ3v) is 3.21. The van der Waals surface area contributed by atoms with Gasteiger partial charge in [0.2, 0.25) is 5.91 Å². The summed E-state index contributed by atoms with van der Waals surface area (Å²) in [7, 11) is 0. The van der Waals surface area contributed by atoms with Crippen LogP contribution in [0.4, 0.5) is 5.00 Å². The van der Waals surface area contributed by atoms with E-state index in [9.17, 15) is 9.59 Å². The molecule has 2 rings (SSSR count). The molecule has 0 bridgehead atoms. The Morgan fingerprint density at radius 3 is 2.68 bits per heavy atom. The molecule has 6 heteroatoms. The molecule has 5 nitrogen and oxygen atoms in total. The van der Waals surface area contributed by atoms with E-state index in [-0.39, 0.29) is 10.8 Å². The predicted molar refractivity (Wildman–Crippen MR) is 72.4 cm³/mol. The van der Waals surface area contributed by atoms with Crippen molar-refractivity contribution in [3.63, 3.8) is 0 Å². The first-order chi connectivity index (χ1) is 9.04. The Morgan fingerprint density at radius 1 is 1.32 bits per heavy atom. The molecule has 0 saturated carbocycles. The summed E-state index contributed by atoms with van der Waals surface area (Å²) in [6.45, 7) is 1.82. The van der Waals surface area contributed by atoms with E-state index in [1.54, 1.807) is 24.3 Å². The number of aromatic carboxylic acids is 1. The molecule has 0 fully saturated rings. The zero-order chi connectivity index (χ0) is 13.8. The summed E-state index contributed by atoms with van der Waals surface area (Å²) < 4.78 is 5.28. The molecule has 0 aromatic carbocycles. The quantitative estimate of drug-likeness (QED) is 0.842. The maximum atomic E-state index is 11.6. The minimum atomic E-state index is -1.01. The maximum absolute atomic E-state index is 11.6. The number of anilines is 1. The van der Waals surface area contributed by atoms with Gasteiger partial charge in [-0.1, -0.05) is 0 Å². The number of carbonyl (C=O) groups is 2. The highest BCUT2D eigenvalue weighted by Crippen LogP contribution is 2.21. The summed E-state index contributed by atoms with van der Waals surface area (Å²) in [5, 5.41) is 11.8. The molecule has 1 amide bonds. The molecule has 98 valence electrons. The summed E-state index contributed by atoms with van der Waals surface area (Å²) in [6, 6.07) is 6.56. The average molecular weight is 277 g/mol. The van der Waals surface area contributed by atoms with Crippen molar-refractivity contribution in [2.45, 2.75) is 6.92 Å². The fraction of sp³-hybridized carbons (Fsp3) is 0.0769. The van der Waals surface area contributed by atoms with Crippen LogP contribution in [0.3, 0.4) is 0 Å². The number of furan rings is 1. The second kappa shape index (κ2) is 5.53. The van der Waals surface area contributed by atoms with Gasteiger partial charge in [-0.15, -0.1) is 11.3 Å². The molecule has 2 N–H and O–H groups in total. The van der Waals surface area contributed by atoms with E-state index in [2.05, 4.69) is 5.32 Å². The Kier molecular flexibility index (Phi) is 3.82. The van der Waals surface area contributed by atoms with Gasteiger partial charge in [-0.05, 0) is 37.3 Å². The monoisotopic (exact) mass is 277 g/mol. The summed E-state index contributed by atoms with van der Waals surface area (Å²) >= 11 is 1.01. The molecule has 0 atom stereocenters. The van der Waals surface area contributed by atoms with E-state index in [0.29, 0.717) is 10.8 Å². The van der Waals surface area contributed by atoms with Crippen LogP contribution in [0.25, 0.3) is 6.08 Å². The molecule has 0 radical (unpaired) electrons. The van der Waals surface area contributed by atoms with Gasteiger partial charge in [0.1, 0.15) is 16.4 Å². The molecule has 0 unspecified atom stereocenters. The fourth-order valence-corrected chi connectivity index (χ4v) is 2.13. The van der Waals surface area contributed by atoms with E-state index < -0.39 is 5.97 Å². The molecule has 2 aromatic heterocycles. The minimum Gasteiger partial charge on any atom is -0.477 e. The number of thiophene rings is 1. The van der Waals surface area contributed by atoms with Gasteiger partial charge in [0, 0.05) is 6.08 Å². The first-order valence-electron chi connectivity index (χ1n) is 5.43. The van der Waals surface area contributed by atoms with Crippen molar-refractivity contribution in [3.05, 3.63) is 46.7 Å². The molecule has 2 aromatic rings. The second-order valence-corrected chi connectivity index (χ2v) is 4.82. The topological polar surface area (TPSA) is 79.5 Å². The first kappa shape index (κ1) is 13.1. The predicted octanol–water partition coefficient (Wildman–Crippen LogP) is 3.00. The number of hydrogen-bond donors (Lipinski definition) is 2. The Balaban J connectivity index is 1.97. The highest BCUT2D eigenvalue weighted by molar-refractivity contribution is 7.18. The van der Waals surface area contributed by atoms with Crippen molar-refractivity contribution in [2.24, 2.45) is 0 Å².